The van der Waals surface area contributed by atoms with Crippen LogP contribution in [-0.4, -0.2) is 11.6 Å². The Morgan fingerprint density at radius 1 is 0.941 bits per heavy atom. The lowest BCUT2D eigenvalue weighted by molar-refractivity contribution is -0.0720. The van der Waals surface area contributed by atoms with Crippen molar-refractivity contribution >= 4 is 17.2 Å². The molecule has 0 aliphatic rings. The summed E-state index contributed by atoms with van der Waals surface area (Å²) in [7, 11) is 0. The minimum absolute atomic E-state index is 0.710. The molecule has 0 N–H and O–H groups in total. The van der Waals surface area contributed by atoms with E-state index < -0.39 is 28.5 Å². The quantitative estimate of drug-likeness (QED) is 0.539. The lowest BCUT2D eigenvalue weighted by Gasteiger charge is -2.15. The highest BCUT2D eigenvalue weighted by Gasteiger charge is 2.45. The molecule has 0 fully saturated rings. The van der Waals surface area contributed by atoms with Crippen LogP contribution in [0.2, 0.25) is 0 Å². The summed E-state index contributed by atoms with van der Waals surface area (Å²) in [5, 5.41) is -4.69. The van der Waals surface area contributed by atoms with Gasteiger partial charge >= 0.3 is 11.6 Å². The van der Waals surface area contributed by atoms with Crippen molar-refractivity contribution in [2.24, 2.45) is 0 Å². The molecule has 0 spiro atoms. The third kappa shape index (κ3) is 3.39. The van der Waals surface area contributed by atoms with Gasteiger partial charge in [0.1, 0.15) is 5.57 Å². The second kappa shape index (κ2) is 4.60. The van der Waals surface area contributed by atoms with Crippen molar-refractivity contribution in [3.05, 3.63) is 41.7 Å². The molecular formula is C10H5ClF6. The minimum Gasteiger partial charge on any atom is -0.203 e. The van der Waals surface area contributed by atoms with Gasteiger partial charge in [-0.1, -0.05) is 30.3 Å². The number of allylic oxidation sites excluding steroid dienone is 2. The Bertz CT molecular complexity index is 415. The highest BCUT2D eigenvalue weighted by molar-refractivity contribution is 6.23. The fourth-order valence-corrected chi connectivity index (χ4v) is 1.26. The van der Waals surface area contributed by atoms with Crippen LogP contribution in [0, 0.1) is 0 Å². The van der Waals surface area contributed by atoms with Crippen LogP contribution in [0.1, 0.15) is 5.56 Å². The Morgan fingerprint density at radius 2 is 1.41 bits per heavy atom. The fraction of sp³-hybridized carbons (Fsp3) is 0.200. The van der Waals surface area contributed by atoms with Crippen LogP contribution in [-0.2, 0) is 0 Å². The largest absolute Gasteiger partial charge is 0.419 e. The molecule has 0 atom stereocenters. The van der Waals surface area contributed by atoms with Crippen LogP contribution in [0.25, 0.3) is 5.57 Å². The summed E-state index contributed by atoms with van der Waals surface area (Å²) in [6.07, 6.45) is -5.26. The topological polar surface area (TPSA) is 0 Å². The minimum atomic E-state index is -5.26. The monoisotopic (exact) mass is 274 g/mol. The van der Waals surface area contributed by atoms with Crippen LogP contribution in [0.4, 0.5) is 26.3 Å². The molecule has 94 valence electrons. The van der Waals surface area contributed by atoms with Gasteiger partial charge < -0.3 is 0 Å². The SMILES string of the molecule is F/C(=C(/c1ccccc1)C(F)(F)F)C(F)(F)Cl. The molecule has 1 aromatic rings. The van der Waals surface area contributed by atoms with E-state index in [0.717, 1.165) is 12.1 Å². The fourth-order valence-electron chi connectivity index (χ4n) is 1.16. The van der Waals surface area contributed by atoms with Crippen LogP contribution in [0.3, 0.4) is 0 Å². The van der Waals surface area contributed by atoms with E-state index in [1.54, 1.807) is 0 Å². The number of hydrogen-bond donors (Lipinski definition) is 0. The zero-order valence-corrected chi connectivity index (χ0v) is 8.79. The number of alkyl halides is 6. The van der Waals surface area contributed by atoms with Gasteiger partial charge in [-0.05, 0) is 17.2 Å². The van der Waals surface area contributed by atoms with Crippen LogP contribution >= 0.6 is 11.6 Å². The second-order valence-electron chi connectivity index (χ2n) is 3.05. The molecule has 17 heavy (non-hydrogen) atoms. The van der Waals surface area contributed by atoms with Crippen molar-refractivity contribution in [3.8, 4) is 0 Å². The highest BCUT2D eigenvalue weighted by Crippen LogP contribution is 2.43. The third-order valence-corrected chi connectivity index (χ3v) is 1.98. The molecule has 0 heterocycles. The second-order valence-corrected chi connectivity index (χ2v) is 3.53. The van der Waals surface area contributed by atoms with Gasteiger partial charge in [-0.15, -0.1) is 0 Å². The molecule has 0 radical (unpaired) electrons. The van der Waals surface area contributed by atoms with Crippen molar-refractivity contribution in [3.63, 3.8) is 0 Å². The van der Waals surface area contributed by atoms with Gasteiger partial charge in [0.15, 0.2) is 5.83 Å². The Balaban J connectivity index is 3.44. The zero-order valence-electron chi connectivity index (χ0n) is 8.03. The Morgan fingerprint density at radius 3 is 1.76 bits per heavy atom. The first-order chi connectivity index (χ1) is 7.64. The number of rotatable bonds is 2. The predicted molar refractivity (Wildman–Crippen MR) is 51.3 cm³/mol. The van der Waals surface area contributed by atoms with Gasteiger partial charge in [-0.3, -0.25) is 0 Å². The number of hydrogen-bond acceptors (Lipinski definition) is 0. The average Bonchev–Trinajstić information content (AvgIpc) is 2.15. The molecule has 7 heteroatoms. The van der Waals surface area contributed by atoms with E-state index in [-0.39, 0.29) is 0 Å². The summed E-state index contributed by atoms with van der Waals surface area (Å²) in [6.45, 7) is 0. The molecule has 0 bridgehead atoms. The molecular weight excluding hydrogens is 270 g/mol. The van der Waals surface area contributed by atoms with E-state index in [4.69, 9.17) is 0 Å². The van der Waals surface area contributed by atoms with Crippen molar-refractivity contribution in [1.29, 1.82) is 0 Å². The molecule has 0 aliphatic heterocycles. The maximum absolute atomic E-state index is 13.0. The molecule has 0 amide bonds. The summed E-state index contributed by atoms with van der Waals surface area (Å²) in [6, 6.07) is 5.44. The van der Waals surface area contributed by atoms with Crippen molar-refractivity contribution in [1.82, 2.24) is 0 Å². The zero-order chi connectivity index (χ0) is 13.3. The standard InChI is InChI=1S/C10H5ClF6/c11-9(13,14)8(12)7(10(15,16)17)6-4-2-1-3-5-6/h1-5H/b8-7-. The lowest BCUT2D eigenvalue weighted by atomic mass is 10.0. The third-order valence-electron chi connectivity index (χ3n) is 1.81. The summed E-state index contributed by atoms with van der Waals surface area (Å²) in [4.78, 5) is 0. The van der Waals surface area contributed by atoms with Gasteiger partial charge in [0.2, 0.25) is 0 Å². The molecule has 1 aromatic carbocycles. The first-order valence-electron chi connectivity index (χ1n) is 4.23. The summed E-state index contributed by atoms with van der Waals surface area (Å²) < 4.78 is 75.4. The smallest absolute Gasteiger partial charge is 0.203 e. The molecule has 0 aliphatic carbocycles. The van der Waals surface area contributed by atoms with E-state index >= 15 is 0 Å². The number of halogens is 7. The molecule has 1 rings (SSSR count). The van der Waals surface area contributed by atoms with E-state index in [1.165, 1.54) is 18.2 Å². The van der Waals surface area contributed by atoms with Crippen LogP contribution in [0.5, 0.6) is 0 Å². The molecule has 0 nitrogen and oxygen atoms in total. The Hall–Kier alpha value is -1.17. The first kappa shape index (κ1) is 13.9. The molecule has 0 saturated heterocycles. The molecule has 0 saturated carbocycles. The normalized spacial score (nSPS) is 14.5. The van der Waals surface area contributed by atoms with Crippen molar-refractivity contribution in [2.45, 2.75) is 11.6 Å². The maximum atomic E-state index is 13.0. The van der Waals surface area contributed by atoms with Crippen molar-refractivity contribution < 1.29 is 26.3 Å². The van der Waals surface area contributed by atoms with Gasteiger partial charge in [-0.2, -0.15) is 22.0 Å². The molecule has 0 aromatic heterocycles. The van der Waals surface area contributed by atoms with Gasteiger partial charge in [0, 0.05) is 0 Å². The van der Waals surface area contributed by atoms with E-state index in [1.807, 2.05) is 0 Å². The van der Waals surface area contributed by atoms with Gasteiger partial charge in [-0.25, -0.2) is 4.39 Å². The summed E-state index contributed by atoms with van der Waals surface area (Å²) in [5.41, 5.74) is -2.78. The first-order valence-corrected chi connectivity index (χ1v) is 4.61. The van der Waals surface area contributed by atoms with Gasteiger partial charge in [0.25, 0.3) is 0 Å². The van der Waals surface area contributed by atoms with Crippen LogP contribution in [0.15, 0.2) is 36.2 Å². The maximum Gasteiger partial charge on any atom is 0.419 e. The Labute approximate surface area is 97.5 Å². The van der Waals surface area contributed by atoms with E-state index in [2.05, 4.69) is 11.6 Å². The number of benzene rings is 1. The van der Waals surface area contributed by atoms with Crippen LogP contribution < -0.4 is 0 Å². The summed E-state index contributed by atoms with van der Waals surface area (Å²) >= 11 is 4.27. The van der Waals surface area contributed by atoms with E-state index in [9.17, 15) is 26.3 Å². The molecule has 0 unspecified atom stereocenters. The van der Waals surface area contributed by atoms with Crippen molar-refractivity contribution in [2.75, 3.05) is 0 Å². The Kier molecular flexibility index (Phi) is 3.76. The lowest BCUT2D eigenvalue weighted by Crippen LogP contribution is -2.18. The average molecular weight is 275 g/mol. The predicted octanol–water partition coefficient (Wildman–Crippen LogP) is 4.76. The summed E-state index contributed by atoms with van der Waals surface area (Å²) in [5.74, 6) is -2.71. The highest BCUT2D eigenvalue weighted by atomic mass is 35.5. The van der Waals surface area contributed by atoms with Gasteiger partial charge in [0.05, 0.1) is 0 Å². The van der Waals surface area contributed by atoms with E-state index in [0.29, 0.717) is 0 Å².